The minimum atomic E-state index is -0.533. The molecule has 1 aromatic carbocycles. The summed E-state index contributed by atoms with van der Waals surface area (Å²) in [5.41, 5.74) is 5.97. The molecule has 0 aromatic heterocycles. The first kappa shape index (κ1) is 9.36. The molecule has 1 rings (SSSR count). The van der Waals surface area contributed by atoms with E-state index in [1.165, 1.54) is 6.07 Å². The standard InChI is InChI=1S/C9H12ClNO/c1-9(2,11)7-4-3-6(10)5-8(7)12/h3-5,12H,11H2,1-2H3. The van der Waals surface area contributed by atoms with Gasteiger partial charge in [-0.25, -0.2) is 0 Å². The second kappa shape index (κ2) is 2.96. The van der Waals surface area contributed by atoms with E-state index in [2.05, 4.69) is 0 Å². The average Bonchev–Trinajstić information content (AvgIpc) is 1.83. The Labute approximate surface area is 77.0 Å². The number of aromatic hydroxyl groups is 1. The molecule has 0 atom stereocenters. The SMILES string of the molecule is CC(C)(N)c1ccc(Cl)cc1O. The molecule has 0 radical (unpaired) electrons. The predicted molar refractivity (Wildman–Crippen MR) is 50.3 cm³/mol. The highest BCUT2D eigenvalue weighted by atomic mass is 35.5. The summed E-state index contributed by atoms with van der Waals surface area (Å²) in [7, 11) is 0. The molecule has 0 aliphatic carbocycles. The molecule has 0 unspecified atom stereocenters. The molecule has 2 nitrogen and oxygen atoms in total. The van der Waals surface area contributed by atoms with E-state index >= 15 is 0 Å². The van der Waals surface area contributed by atoms with Crippen LogP contribution in [0.3, 0.4) is 0 Å². The molecule has 1 aromatic rings. The Bertz CT molecular complexity index is 291. The van der Waals surface area contributed by atoms with Gasteiger partial charge >= 0.3 is 0 Å². The summed E-state index contributed by atoms with van der Waals surface area (Å²) in [6, 6.07) is 4.94. The number of phenols is 1. The van der Waals surface area contributed by atoms with Gasteiger partial charge in [0.15, 0.2) is 0 Å². The van der Waals surface area contributed by atoms with E-state index < -0.39 is 5.54 Å². The maximum absolute atomic E-state index is 9.46. The van der Waals surface area contributed by atoms with Crippen LogP contribution in [0.5, 0.6) is 5.75 Å². The van der Waals surface area contributed by atoms with Crippen molar-refractivity contribution >= 4 is 11.6 Å². The van der Waals surface area contributed by atoms with Crippen molar-refractivity contribution in [1.29, 1.82) is 0 Å². The number of hydrogen-bond donors (Lipinski definition) is 2. The number of halogens is 1. The van der Waals surface area contributed by atoms with Crippen LogP contribution in [0.25, 0.3) is 0 Å². The second-order valence-corrected chi connectivity index (χ2v) is 3.82. The van der Waals surface area contributed by atoms with Gasteiger partial charge in [0.2, 0.25) is 0 Å². The molecule has 0 saturated heterocycles. The third kappa shape index (κ3) is 1.90. The average molecular weight is 186 g/mol. The van der Waals surface area contributed by atoms with Gasteiger partial charge in [-0.3, -0.25) is 0 Å². The lowest BCUT2D eigenvalue weighted by molar-refractivity contribution is 0.440. The smallest absolute Gasteiger partial charge is 0.122 e. The molecule has 0 spiro atoms. The summed E-state index contributed by atoms with van der Waals surface area (Å²) in [6.07, 6.45) is 0. The zero-order valence-corrected chi connectivity index (χ0v) is 7.89. The van der Waals surface area contributed by atoms with Crippen LogP contribution < -0.4 is 5.73 Å². The molecule has 3 heteroatoms. The van der Waals surface area contributed by atoms with Gasteiger partial charge in [0.25, 0.3) is 0 Å². The van der Waals surface area contributed by atoms with Crippen LogP contribution in [-0.2, 0) is 5.54 Å². The Kier molecular flexibility index (Phi) is 2.31. The highest BCUT2D eigenvalue weighted by Gasteiger charge is 2.17. The van der Waals surface area contributed by atoms with Crippen molar-refractivity contribution < 1.29 is 5.11 Å². The van der Waals surface area contributed by atoms with E-state index in [1.807, 2.05) is 13.8 Å². The third-order valence-corrected chi connectivity index (χ3v) is 1.89. The normalized spacial score (nSPS) is 11.7. The van der Waals surface area contributed by atoms with Crippen LogP contribution in [0.4, 0.5) is 0 Å². The first-order valence-electron chi connectivity index (χ1n) is 3.69. The largest absolute Gasteiger partial charge is 0.508 e. The van der Waals surface area contributed by atoms with E-state index in [-0.39, 0.29) is 5.75 Å². The first-order chi connectivity index (χ1) is 5.41. The highest BCUT2D eigenvalue weighted by Crippen LogP contribution is 2.29. The van der Waals surface area contributed by atoms with E-state index in [4.69, 9.17) is 17.3 Å². The number of nitrogens with two attached hydrogens (primary N) is 1. The summed E-state index contributed by atoms with van der Waals surface area (Å²) >= 11 is 5.67. The van der Waals surface area contributed by atoms with Gasteiger partial charge in [-0.15, -0.1) is 0 Å². The Hall–Kier alpha value is -0.730. The maximum atomic E-state index is 9.46. The lowest BCUT2D eigenvalue weighted by atomic mass is 9.95. The second-order valence-electron chi connectivity index (χ2n) is 3.38. The fourth-order valence-corrected chi connectivity index (χ4v) is 1.22. The van der Waals surface area contributed by atoms with Gasteiger partial charge in [0, 0.05) is 16.1 Å². The third-order valence-electron chi connectivity index (χ3n) is 1.65. The van der Waals surface area contributed by atoms with Crippen molar-refractivity contribution in [3.05, 3.63) is 28.8 Å². The number of benzene rings is 1. The van der Waals surface area contributed by atoms with Crippen LogP contribution >= 0.6 is 11.6 Å². The Morgan fingerprint density at radius 2 is 2.00 bits per heavy atom. The minimum Gasteiger partial charge on any atom is -0.508 e. The lowest BCUT2D eigenvalue weighted by Gasteiger charge is -2.20. The van der Waals surface area contributed by atoms with Crippen molar-refractivity contribution in [3.63, 3.8) is 0 Å². The van der Waals surface area contributed by atoms with Crippen LogP contribution in [0.1, 0.15) is 19.4 Å². The van der Waals surface area contributed by atoms with E-state index in [0.717, 1.165) is 0 Å². The van der Waals surface area contributed by atoms with Gasteiger partial charge in [0.05, 0.1) is 0 Å². The fourth-order valence-electron chi connectivity index (χ4n) is 1.05. The fraction of sp³-hybridized carbons (Fsp3) is 0.333. The zero-order valence-electron chi connectivity index (χ0n) is 7.13. The maximum Gasteiger partial charge on any atom is 0.122 e. The molecule has 12 heavy (non-hydrogen) atoms. The molecule has 0 amide bonds. The van der Waals surface area contributed by atoms with Crippen molar-refractivity contribution in [2.24, 2.45) is 5.73 Å². The number of phenolic OH excluding ortho intramolecular Hbond substituents is 1. The van der Waals surface area contributed by atoms with Crippen LogP contribution in [0, 0.1) is 0 Å². The van der Waals surface area contributed by atoms with Gasteiger partial charge in [0.1, 0.15) is 5.75 Å². The van der Waals surface area contributed by atoms with Gasteiger partial charge in [-0.05, 0) is 26.0 Å². The molecular weight excluding hydrogens is 174 g/mol. The molecule has 0 heterocycles. The topological polar surface area (TPSA) is 46.2 Å². The van der Waals surface area contributed by atoms with E-state index in [0.29, 0.717) is 10.6 Å². The monoisotopic (exact) mass is 185 g/mol. The van der Waals surface area contributed by atoms with Crippen molar-refractivity contribution in [2.45, 2.75) is 19.4 Å². The van der Waals surface area contributed by atoms with Crippen LogP contribution in [0.15, 0.2) is 18.2 Å². The number of rotatable bonds is 1. The van der Waals surface area contributed by atoms with Crippen LogP contribution in [-0.4, -0.2) is 5.11 Å². The molecule has 66 valence electrons. The van der Waals surface area contributed by atoms with E-state index in [1.54, 1.807) is 12.1 Å². The Morgan fingerprint density at radius 3 is 2.42 bits per heavy atom. The summed E-state index contributed by atoms with van der Waals surface area (Å²) in [5.74, 6) is 0.148. The van der Waals surface area contributed by atoms with Crippen molar-refractivity contribution in [1.82, 2.24) is 0 Å². The number of hydrogen-bond acceptors (Lipinski definition) is 2. The quantitative estimate of drug-likeness (QED) is 0.705. The molecule has 3 N–H and O–H groups in total. The summed E-state index contributed by atoms with van der Waals surface area (Å²) in [4.78, 5) is 0. The molecular formula is C9H12ClNO. The summed E-state index contributed by atoms with van der Waals surface area (Å²) in [6.45, 7) is 3.66. The summed E-state index contributed by atoms with van der Waals surface area (Å²) < 4.78 is 0. The summed E-state index contributed by atoms with van der Waals surface area (Å²) in [5, 5.41) is 9.98. The molecule has 0 aliphatic heterocycles. The highest BCUT2D eigenvalue weighted by molar-refractivity contribution is 6.30. The van der Waals surface area contributed by atoms with Gasteiger partial charge < -0.3 is 10.8 Å². The van der Waals surface area contributed by atoms with Crippen molar-refractivity contribution in [2.75, 3.05) is 0 Å². The Morgan fingerprint density at radius 1 is 1.42 bits per heavy atom. The molecule has 0 aliphatic rings. The van der Waals surface area contributed by atoms with Gasteiger partial charge in [-0.2, -0.15) is 0 Å². The molecule has 0 saturated carbocycles. The van der Waals surface area contributed by atoms with E-state index in [9.17, 15) is 5.11 Å². The van der Waals surface area contributed by atoms with Crippen LogP contribution in [0.2, 0.25) is 5.02 Å². The lowest BCUT2D eigenvalue weighted by Crippen LogP contribution is -2.28. The first-order valence-corrected chi connectivity index (χ1v) is 4.07. The van der Waals surface area contributed by atoms with Gasteiger partial charge in [-0.1, -0.05) is 17.7 Å². The Balaban J connectivity index is 3.19. The molecule has 0 bridgehead atoms. The zero-order chi connectivity index (χ0) is 9.35. The van der Waals surface area contributed by atoms with Crippen molar-refractivity contribution in [3.8, 4) is 5.75 Å². The predicted octanol–water partition coefficient (Wildman–Crippen LogP) is 2.24. The molecule has 0 fully saturated rings. The minimum absolute atomic E-state index is 0.148.